The van der Waals surface area contributed by atoms with Crippen molar-refractivity contribution in [2.24, 2.45) is 0 Å². The lowest BCUT2D eigenvalue weighted by Gasteiger charge is -2.19. The Morgan fingerprint density at radius 2 is 1.93 bits per heavy atom. The van der Waals surface area contributed by atoms with E-state index in [1.165, 1.54) is 35.0 Å². The third kappa shape index (κ3) is 4.64. The first-order valence-electron chi connectivity index (χ1n) is 10.1. The van der Waals surface area contributed by atoms with E-state index in [1.807, 2.05) is 19.1 Å². The topological polar surface area (TPSA) is 47.8 Å². The van der Waals surface area contributed by atoms with Crippen molar-refractivity contribution in [1.29, 1.82) is 0 Å². The van der Waals surface area contributed by atoms with Crippen molar-refractivity contribution in [2.45, 2.75) is 68.8 Å². The summed E-state index contributed by atoms with van der Waals surface area (Å²) in [5, 5.41) is 11.7. The highest BCUT2D eigenvalue weighted by atomic mass is 32.2. The number of nitrogens with zero attached hydrogens (tertiary/aromatic N) is 3. The van der Waals surface area contributed by atoms with E-state index in [2.05, 4.69) is 65.2 Å². The Morgan fingerprint density at radius 3 is 2.52 bits per heavy atom. The largest absolute Gasteiger partial charge is 0.303 e. The van der Waals surface area contributed by atoms with E-state index >= 15 is 0 Å². The fourth-order valence-corrected chi connectivity index (χ4v) is 5.07. The maximum atomic E-state index is 13.0. The van der Waals surface area contributed by atoms with Gasteiger partial charge < -0.3 is 4.57 Å². The van der Waals surface area contributed by atoms with Gasteiger partial charge in [0.1, 0.15) is 5.82 Å². The predicted octanol–water partition coefficient (Wildman–Crippen LogP) is 5.93. The quantitative estimate of drug-likeness (QED) is 0.348. The molecule has 3 aromatic rings. The lowest BCUT2D eigenvalue weighted by Crippen LogP contribution is -2.16. The van der Waals surface area contributed by atoms with Gasteiger partial charge in [0, 0.05) is 22.9 Å². The number of thiophene rings is 1. The van der Waals surface area contributed by atoms with Gasteiger partial charge in [-0.05, 0) is 42.2 Å². The van der Waals surface area contributed by atoms with Crippen LogP contribution < -0.4 is 0 Å². The van der Waals surface area contributed by atoms with Crippen LogP contribution in [0.3, 0.4) is 0 Å². The molecule has 1 aliphatic rings. The molecule has 0 saturated heterocycles. The van der Waals surface area contributed by atoms with Crippen LogP contribution in [-0.2, 0) is 11.8 Å². The molecule has 1 atom stereocenters. The lowest BCUT2D eigenvalue weighted by molar-refractivity contribution is 0.0993. The van der Waals surface area contributed by atoms with E-state index in [4.69, 9.17) is 0 Å². The first kappa shape index (κ1) is 20.4. The van der Waals surface area contributed by atoms with Crippen LogP contribution >= 0.6 is 23.1 Å². The van der Waals surface area contributed by atoms with Gasteiger partial charge in [0.05, 0.1) is 5.25 Å². The van der Waals surface area contributed by atoms with Crippen molar-refractivity contribution in [3.63, 3.8) is 0 Å². The summed E-state index contributed by atoms with van der Waals surface area (Å²) in [5.41, 5.74) is 2.08. The first-order valence-corrected chi connectivity index (χ1v) is 11.9. The van der Waals surface area contributed by atoms with Gasteiger partial charge in [-0.2, -0.15) is 0 Å². The van der Waals surface area contributed by atoms with Crippen molar-refractivity contribution in [2.75, 3.05) is 0 Å². The lowest BCUT2D eigenvalue weighted by atomic mass is 9.86. The van der Waals surface area contributed by atoms with Gasteiger partial charge >= 0.3 is 0 Å². The Balaban J connectivity index is 1.50. The molecular formula is C23H27N3OS2. The van der Waals surface area contributed by atoms with Gasteiger partial charge in [0.2, 0.25) is 0 Å². The molecule has 0 spiro atoms. The van der Waals surface area contributed by atoms with E-state index in [-0.39, 0.29) is 16.4 Å². The summed E-state index contributed by atoms with van der Waals surface area (Å²) in [6, 6.07) is 12.7. The predicted molar refractivity (Wildman–Crippen MR) is 120 cm³/mol. The molecule has 0 N–H and O–H groups in total. The van der Waals surface area contributed by atoms with Crippen LogP contribution in [0.4, 0.5) is 0 Å². The highest BCUT2D eigenvalue weighted by Crippen LogP contribution is 2.40. The average Bonchev–Trinajstić information content (AvgIpc) is 3.24. The molecule has 0 radical (unpaired) electrons. The smallest absolute Gasteiger partial charge is 0.192 e. The summed E-state index contributed by atoms with van der Waals surface area (Å²) >= 11 is 3.27. The number of ketones is 1. The molecule has 0 amide bonds. The molecule has 6 heteroatoms. The standard InChI is InChI=1S/C23H27N3OS2/c1-15(21(27)16-7-9-17(10-8-16)23(2,3)4)29-22-25-24-20(26(22)18-11-12-18)14-19-6-5-13-28-19/h5-10,13,15,18H,11-12,14H2,1-4H3/t15-/m0/s1. The molecule has 1 saturated carbocycles. The highest BCUT2D eigenvalue weighted by molar-refractivity contribution is 8.00. The zero-order valence-corrected chi connectivity index (χ0v) is 19.0. The third-order valence-corrected chi connectivity index (χ3v) is 7.18. The minimum atomic E-state index is -0.202. The Morgan fingerprint density at radius 1 is 1.21 bits per heavy atom. The van der Waals surface area contributed by atoms with E-state index in [0.717, 1.165) is 23.0 Å². The Bertz CT molecular complexity index is 980. The van der Waals surface area contributed by atoms with Gasteiger partial charge in [0.25, 0.3) is 0 Å². The maximum absolute atomic E-state index is 13.0. The molecule has 29 heavy (non-hydrogen) atoms. The minimum Gasteiger partial charge on any atom is -0.303 e. The second-order valence-corrected chi connectivity index (χ2v) is 11.0. The number of benzene rings is 1. The van der Waals surface area contributed by atoms with Crippen molar-refractivity contribution in [3.8, 4) is 0 Å². The van der Waals surface area contributed by atoms with Crippen LogP contribution in [0.2, 0.25) is 0 Å². The summed E-state index contributed by atoms with van der Waals surface area (Å²) in [6.45, 7) is 8.51. The van der Waals surface area contributed by atoms with Gasteiger partial charge in [0.15, 0.2) is 10.9 Å². The molecule has 0 bridgehead atoms. The molecule has 1 fully saturated rings. The fraction of sp³-hybridized carbons (Fsp3) is 0.435. The van der Waals surface area contributed by atoms with Crippen molar-refractivity contribution in [3.05, 3.63) is 63.6 Å². The van der Waals surface area contributed by atoms with Gasteiger partial charge in [-0.1, -0.05) is 62.9 Å². The second-order valence-electron chi connectivity index (χ2n) is 8.71. The summed E-state index contributed by atoms with van der Waals surface area (Å²) in [7, 11) is 0. The monoisotopic (exact) mass is 425 g/mol. The molecule has 152 valence electrons. The van der Waals surface area contributed by atoms with Crippen LogP contribution in [0, 0.1) is 0 Å². The van der Waals surface area contributed by atoms with Crippen molar-refractivity contribution >= 4 is 28.9 Å². The number of thioether (sulfide) groups is 1. The van der Waals surface area contributed by atoms with E-state index < -0.39 is 0 Å². The van der Waals surface area contributed by atoms with Gasteiger partial charge in [-0.3, -0.25) is 4.79 Å². The third-order valence-electron chi connectivity index (χ3n) is 5.25. The summed E-state index contributed by atoms with van der Waals surface area (Å²) in [6.07, 6.45) is 3.14. The second kappa shape index (κ2) is 8.07. The molecule has 1 aromatic carbocycles. The Labute approximate surface area is 180 Å². The van der Waals surface area contributed by atoms with E-state index in [0.29, 0.717) is 6.04 Å². The van der Waals surface area contributed by atoms with Crippen LogP contribution in [0.15, 0.2) is 46.9 Å². The molecular weight excluding hydrogens is 398 g/mol. The summed E-state index contributed by atoms with van der Waals surface area (Å²) < 4.78 is 2.26. The first-order chi connectivity index (χ1) is 13.8. The van der Waals surface area contributed by atoms with Gasteiger partial charge in [-0.25, -0.2) is 0 Å². The molecule has 4 nitrogen and oxygen atoms in total. The number of hydrogen-bond acceptors (Lipinski definition) is 5. The van der Waals surface area contributed by atoms with Crippen LogP contribution in [0.5, 0.6) is 0 Å². The zero-order chi connectivity index (χ0) is 20.6. The molecule has 2 heterocycles. The number of carbonyl (C=O) groups excluding carboxylic acids is 1. The maximum Gasteiger partial charge on any atom is 0.192 e. The SMILES string of the molecule is C[C@H](Sc1nnc(Cc2cccs2)n1C1CC1)C(=O)c1ccc(C(C)(C)C)cc1. The summed E-state index contributed by atoms with van der Waals surface area (Å²) in [4.78, 5) is 14.3. The van der Waals surface area contributed by atoms with Crippen LogP contribution in [0.1, 0.15) is 73.2 Å². The number of hydrogen-bond donors (Lipinski definition) is 0. The number of Topliss-reactive ketones (excluding diaryl/α,β-unsaturated/α-hetero) is 1. The Kier molecular flexibility index (Phi) is 5.67. The normalized spacial score (nSPS) is 15.4. The molecule has 4 rings (SSSR count). The molecule has 2 aromatic heterocycles. The number of rotatable bonds is 7. The zero-order valence-electron chi connectivity index (χ0n) is 17.4. The molecule has 0 unspecified atom stereocenters. The van der Waals surface area contributed by atoms with Gasteiger partial charge in [-0.15, -0.1) is 21.5 Å². The fourth-order valence-electron chi connectivity index (χ4n) is 3.36. The van der Waals surface area contributed by atoms with E-state index in [1.54, 1.807) is 11.3 Å². The summed E-state index contributed by atoms with van der Waals surface area (Å²) in [5.74, 6) is 1.15. The Hall–Kier alpha value is -1.92. The van der Waals surface area contributed by atoms with Crippen molar-refractivity contribution in [1.82, 2.24) is 14.8 Å². The average molecular weight is 426 g/mol. The van der Waals surface area contributed by atoms with Crippen LogP contribution in [0.25, 0.3) is 0 Å². The van der Waals surface area contributed by atoms with Crippen molar-refractivity contribution < 1.29 is 4.79 Å². The van der Waals surface area contributed by atoms with Crippen LogP contribution in [-0.4, -0.2) is 25.8 Å². The number of aromatic nitrogens is 3. The molecule has 0 aliphatic heterocycles. The number of carbonyl (C=O) groups is 1. The van der Waals surface area contributed by atoms with E-state index in [9.17, 15) is 4.79 Å². The molecule has 1 aliphatic carbocycles. The highest BCUT2D eigenvalue weighted by Gasteiger charge is 2.31. The minimum absolute atomic E-state index is 0.0849.